The van der Waals surface area contributed by atoms with Gasteiger partial charge in [-0.15, -0.1) is 0 Å². The minimum atomic E-state index is -1.31. The van der Waals surface area contributed by atoms with Crippen molar-refractivity contribution in [2.45, 2.75) is 25.6 Å². The summed E-state index contributed by atoms with van der Waals surface area (Å²) in [5, 5.41) is 20.2. The van der Waals surface area contributed by atoms with Gasteiger partial charge in [-0.3, -0.25) is 4.79 Å². The number of aliphatic hydroxyl groups is 2. The molecule has 2 atom stereocenters. The number of aliphatic hydroxyl groups excluding tert-OH is 2. The average molecular weight is 328 g/mol. The highest BCUT2D eigenvalue weighted by Crippen LogP contribution is 2.34. The molecule has 0 aliphatic heterocycles. The van der Waals surface area contributed by atoms with E-state index in [2.05, 4.69) is 4.74 Å². The highest BCUT2D eigenvalue weighted by Gasteiger charge is 2.23. The van der Waals surface area contributed by atoms with Crippen LogP contribution in [0.2, 0.25) is 15.1 Å². The normalized spacial score (nSPS) is 14.0. The lowest BCUT2D eigenvalue weighted by Crippen LogP contribution is -2.23. The van der Waals surface area contributed by atoms with Gasteiger partial charge in [-0.25, -0.2) is 0 Å². The quantitative estimate of drug-likeness (QED) is 0.644. The van der Waals surface area contributed by atoms with Gasteiger partial charge in [-0.2, -0.15) is 0 Å². The molecular weight excluding hydrogens is 314 g/mol. The Bertz CT molecular complexity index is 441. The first-order chi connectivity index (χ1) is 8.86. The number of hydrogen-bond donors (Lipinski definition) is 2. The van der Waals surface area contributed by atoms with Crippen molar-refractivity contribution in [1.29, 1.82) is 0 Å². The van der Waals surface area contributed by atoms with E-state index in [-0.39, 0.29) is 33.7 Å². The zero-order valence-corrected chi connectivity index (χ0v) is 12.3. The smallest absolute Gasteiger partial charge is 0.308 e. The average Bonchev–Trinajstić information content (AvgIpc) is 2.34. The summed E-state index contributed by atoms with van der Waals surface area (Å²) in [6.07, 6.45) is -2.95. The summed E-state index contributed by atoms with van der Waals surface area (Å²) in [5.41, 5.74) is 0.274. The molecule has 0 amide bonds. The molecule has 0 spiro atoms. The Morgan fingerprint density at radius 1 is 1.26 bits per heavy atom. The summed E-state index contributed by atoms with van der Waals surface area (Å²) in [7, 11) is 0. The van der Waals surface area contributed by atoms with Crippen LogP contribution in [-0.4, -0.2) is 28.9 Å². The number of carbonyl (C=O) groups is 1. The molecule has 0 saturated carbocycles. The molecule has 0 radical (unpaired) electrons. The second kappa shape index (κ2) is 7.31. The third kappa shape index (κ3) is 4.51. The van der Waals surface area contributed by atoms with Crippen LogP contribution >= 0.6 is 34.8 Å². The maximum Gasteiger partial charge on any atom is 0.308 e. The molecule has 0 saturated heterocycles. The molecule has 0 aliphatic carbocycles. The number of halogens is 3. The summed E-state index contributed by atoms with van der Waals surface area (Å²) in [6, 6.07) is 2.77. The molecule has 0 heterocycles. The van der Waals surface area contributed by atoms with Gasteiger partial charge < -0.3 is 14.9 Å². The molecule has 0 aliphatic rings. The molecule has 2 unspecified atom stereocenters. The molecule has 7 heteroatoms. The number of esters is 1. The fourth-order valence-corrected chi connectivity index (χ4v) is 2.08. The second-order valence-electron chi connectivity index (χ2n) is 3.82. The number of rotatable bonds is 5. The molecule has 19 heavy (non-hydrogen) atoms. The number of ether oxygens (including phenoxy) is 1. The van der Waals surface area contributed by atoms with Crippen LogP contribution in [0.3, 0.4) is 0 Å². The number of benzene rings is 1. The van der Waals surface area contributed by atoms with Crippen LogP contribution in [0.4, 0.5) is 0 Å². The molecule has 1 rings (SSSR count). The largest absolute Gasteiger partial charge is 0.466 e. The van der Waals surface area contributed by atoms with Crippen molar-refractivity contribution in [3.05, 3.63) is 32.8 Å². The fourth-order valence-electron chi connectivity index (χ4n) is 1.47. The van der Waals surface area contributed by atoms with Crippen LogP contribution in [0, 0.1) is 0 Å². The SMILES string of the molecule is CCOC(=O)CC(O)C(O)c1cc(Cl)c(Cl)c(Cl)c1. The number of hydrogen-bond acceptors (Lipinski definition) is 4. The van der Waals surface area contributed by atoms with E-state index >= 15 is 0 Å². The summed E-state index contributed by atoms with van der Waals surface area (Å²) < 4.78 is 4.68. The lowest BCUT2D eigenvalue weighted by atomic mass is 10.0. The van der Waals surface area contributed by atoms with Gasteiger partial charge in [0.15, 0.2) is 0 Å². The molecule has 4 nitrogen and oxygen atoms in total. The Morgan fingerprint density at radius 3 is 2.26 bits per heavy atom. The highest BCUT2D eigenvalue weighted by molar-refractivity contribution is 6.48. The van der Waals surface area contributed by atoms with Gasteiger partial charge in [0, 0.05) is 0 Å². The third-order valence-corrected chi connectivity index (χ3v) is 3.59. The van der Waals surface area contributed by atoms with E-state index in [4.69, 9.17) is 34.8 Å². The van der Waals surface area contributed by atoms with Crippen molar-refractivity contribution in [2.24, 2.45) is 0 Å². The molecule has 1 aromatic rings. The predicted octanol–water partition coefficient (Wildman–Crippen LogP) is 2.99. The van der Waals surface area contributed by atoms with E-state index in [0.717, 1.165) is 0 Å². The number of carbonyl (C=O) groups excluding carboxylic acids is 1. The monoisotopic (exact) mass is 326 g/mol. The second-order valence-corrected chi connectivity index (χ2v) is 5.01. The topological polar surface area (TPSA) is 66.8 Å². The van der Waals surface area contributed by atoms with E-state index in [1.807, 2.05) is 0 Å². The first-order valence-electron chi connectivity index (χ1n) is 5.53. The summed E-state index contributed by atoms with van der Waals surface area (Å²) in [4.78, 5) is 11.2. The van der Waals surface area contributed by atoms with Crippen molar-refractivity contribution in [2.75, 3.05) is 6.61 Å². The third-order valence-electron chi connectivity index (χ3n) is 2.39. The Hall–Kier alpha value is -0.520. The van der Waals surface area contributed by atoms with Crippen molar-refractivity contribution in [1.82, 2.24) is 0 Å². The zero-order valence-electron chi connectivity index (χ0n) is 10.1. The first kappa shape index (κ1) is 16.5. The van der Waals surface area contributed by atoms with Gasteiger partial charge >= 0.3 is 5.97 Å². The Kier molecular flexibility index (Phi) is 6.36. The van der Waals surface area contributed by atoms with Gasteiger partial charge in [0.2, 0.25) is 0 Å². The van der Waals surface area contributed by atoms with Crippen LogP contribution < -0.4 is 0 Å². The van der Waals surface area contributed by atoms with Crippen LogP contribution in [0.1, 0.15) is 25.0 Å². The van der Waals surface area contributed by atoms with Gasteiger partial charge in [-0.05, 0) is 24.6 Å². The predicted molar refractivity (Wildman–Crippen MR) is 73.7 cm³/mol. The van der Waals surface area contributed by atoms with Crippen molar-refractivity contribution < 1.29 is 19.7 Å². The molecule has 0 bridgehead atoms. The minimum absolute atomic E-state index is 0.159. The first-order valence-corrected chi connectivity index (χ1v) is 6.66. The minimum Gasteiger partial charge on any atom is -0.466 e. The maximum absolute atomic E-state index is 11.2. The van der Waals surface area contributed by atoms with Crippen molar-refractivity contribution in [3.8, 4) is 0 Å². The van der Waals surface area contributed by atoms with Gasteiger partial charge in [0.25, 0.3) is 0 Å². The summed E-state index contributed by atoms with van der Waals surface area (Å²) in [6.45, 7) is 1.86. The standard InChI is InChI=1S/C12H13Cl3O4/c1-2-19-10(17)5-9(16)12(18)6-3-7(13)11(15)8(14)4-6/h3-4,9,12,16,18H,2,5H2,1H3. The summed E-state index contributed by atoms with van der Waals surface area (Å²) in [5.74, 6) is -0.597. The molecule has 106 valence electrons. The maximum atomic E-state index is 11.2. The molecule has 0 aromatic heterocycles. The van der Waals surface area contributed by atoms with Gasteiger partial charge in [0.1, 0.15) is 6.10 Å². The van der Waals surface area contributed by atoms with Crippen LogP contribution in [-0.2, 0) is 9.53 Å². The summed E-state index contributed by atoms with van der Waals surface area (Å²) >= 11 is 17.4. The highest BCUT2D eigenvalue weighted by atomic mass is 35.5. The van der Waals surface area contributed by atoms with E-state index < -0.39 is 18.2 Å². The lowest BCUT2D eigenvalue weighted by molar-refractivity contribution is -0.147. The molecule has 2 N–H and O–H groups in total. The van der Waals surface area contributed by atoms with Crippen LogP contribution in [0.15, 0.2) is 12.1 Å². The zero-order chi connectivity index (χ0) is 14.6. The molecular formula is C12H13Cl3O4. The molecule has 0 fully saturated rings. The lowest BCUT2D eigenvalue weighted by Gasteiger charge is -2.18. The van der Waals surface area contributed by atoms with Crippen LogP contribution in [0.5, 0.6) is 0 Å². The Labute approximate surface area is 125 Å². The van der Waals surface area contributed by atoms with E-state index in [0.29, 0.717) is 0 Å². The van der Waals surface area contributed by atoms with E-state index in [9.17, 15) is 15.0 Å². The fraction of sp³-hybridized carbons (Fsp3) is 0.417. The van der Waals surface area contributed by atoms with Crippen LogP contribution in [0.25, 0.3) is 0 Å². The Balaban J connectivity index is 2.82. The van der Waals surface area contributed by atoms with Crippen molar-refractivity contribution in [3.63, 3.8) is 0 Å². The van der Waals surface area contributed by atoms with Crippen molar-refractivity contribution >= 4 is 40.8 Å². The van der Waals surface area contributed by atoms with E-state index in [1.165, 1.54) is 12.1 Å². The van der Waals surface area contributed by atoms with Gasteiger partial charge in [0.05, 0.1) is 34.2 Å². The van der Waals surface area contributed by atoms with Gasteiger partial charge in [-0.1, -0.05) is 34.8 Å². The molecule has 1 aromatic carbocycles. The Morgan fingerprint density at radius 2 is 1.79 bits per heavy atom. The van der Waals surface area contributed by atoms with E-state index in [1.54, 1.807) is 6.92 Å².